The van der Waals surface area contributed by atoms with E-state index < -0.39 is 5.82 Å². The Kier molecular flexibility index (Phi) is 2.76. The minimum atomic E-state index is -0.599. The number of halogens is 2. The average molecular weight is 191 g/mol. The molecule has 0 N–H and O–H groups in total. The van der Waals surface area contributed by atoms with E-state index >= 15 is 0 Å². The van der Waals surface area contributed by atoms with Gasteiger partial charge in [-0.25, -0.2) is 4.39 Å². The summed E-state index contributed by atoms with van der Waals surface area (Å²) in [7, 11) is 2.80. The number of ether oxygens (including phenoxy) is 2. The molecule has 1 aromatic rings. The Balaban J connectivity index is 3.20. The monoisotopic (exact) mass is 190 g/mol. The van der Waals surface area contributed by atoms with Crippen LogP contribution in [0.1, 0.15) is 0 Å². The van der Waals surface area contributed by atoms with Gasteiger partial charge in [-0.05, 0) is 12.1 Å². The molecule has 0 fully saturated rings. The summed E-state index contributed by atoms with van der Waals surface area (Å²) in [5, 5.41) is -0.0585. The molecule has 0 atom stereocenters. The van der Waals surface area contributed by atoms with Crippen LogP contribution in [-0.4, -0.2) is 14.2 Å². The predicted octanol–water partition coefficient (Wildman–Crippen LogP) is 2.50. The summed E-state index contributed by atoms with van der Waals surface area (Å²) in [6.45, 7) is 0. The van der Waals surface area contributed by atoms with Gasteiger partial charge in [-0.3, -0.25) is 0 Å². The smallest absolute Gasteiger partial charge is 0.187 e. The molecule has 0 unspecified atom stereocenters. The third-order valence-corrected chi connectivity index (χ3v) is 1.80. The molecule has 0 aliphatic carbocycles. The molecular formula is C8H8ClFO2. The normalized spacial score (nSPS) is 9.67. The van der Waals surface area contributed by atoms with Gasteiger partial charge >= 0.3 is 0 Å². The Hall–Kier alpha value is -0.960. The molecule has 0 aliphatic rings. The highest BCUT2D eigenvalue weighted by Crippen LogP contribution is 2.32. The summed E-state index contributed by atoms with van der Waals surface area (Å²) in [6, 6.07) is 3.00. The van der Waals surface area contributed by atoms with Crippen molar-refractivity contribution in [3.05, 3.63) is 23.0 Å². The lowest BCUT2D eigenvalue weighted by Gasteiger charge is -2.06. The van der Waals surface area contributed by atoms with Crippen molar-refractivity contribution >= 4 is 11.6 Å². The highest BCUT2D eigenvalue weighted by molar-refractivity contribution is 6.32. The Morgan fingerprint density at radius 2 is 1.67 bits per heavy atom. The van der Waals surface area contributed by atoms with Gasteiger partial charge in [0.05, 0.1) is 14.2 Å². The minimum Gasteiger partial charge on any atom is -0.495 e. The van der Waals surface area contributed by atoms with Crippen LogP contribution in [0.25, 0.3) is 0 Å². The summed E-state index contributed by atoms with van der Waals surface area (Å²) in [5.74, 6) is -0.186. The van der Waals surface area contributed by atoms with Crippen LogP contribution in [0, 0.1) is 5.82 Å². The van der Waals surface area contributed by atoms with E-state index in [2.05, 4.69) is 0 Å². The van der Waals surface area contributed by atoms with Crippen molar-refractivity contribution in [2.24, 2.45) is 0 Å². The van der Waals surface area contributed by atoms with Crippen molar-refractivity contribution in [2.45, 2.75) is 0 Å². The first-order valence-electron chi connectivity index (χ1n) is 3.26. The SMILES string of the molecule is COc1ccc(OC)c(Cl)c1F. The molecule has 0 bridgehead atoms. The molecule has 4 heteroatoms. The van der Waals surface area contributed by atoms with E-state index in [1.54, 1.807) is 6.07 Å². The fourth-order valence-electron chi connectivity index (χ4n) is 0.829. The first-order valence-corrected chi connectivity index (χ1v) is 3.64. The Labute approximate surface area is 74.9 Å². The molecule has 0 saturated heterocycles. The van der Waals surface area contributed by atoms with E-state index in [1.165, 1.54) is 20.3 Å². The summed E-state index contributed by atoms with van der Waals surface area (Å²) in [5.41, 5.74) is 0. The van der Waals surface area contributed by atoms with Crippen molar-refractivity contribution in [1.82, 2.24) is 0 Å². The van der Waals surface area contributed by atoms with E-state index in [4.69, 9.17) is 21.1 Å². The maximum Gasteiger partial charge on any atom is 0.187 e. The highest BCUT2D eigenvalue weighted by atomic mass is 35.5. The van der Waals surface area contributed by atoms with Crippen LogP contribution >= 0.6 is 11.6 Å². The topological polar surface area (TPSA) is 18.5 Å². The minimum absolute atomic E-state index is 0.0585. The van der Waals surface area contributed by atoms with E-state index in [9.17, 15) is 4.39 Å². The lowest BCUT2D eigenvalue weighted by molar-refractivity contribution is 0.377. The van der Waals surface area contributed by atoms with Gasteiger partial charge in [-0.1, -0.05) is 11.6 Å². The number of methoxy groups -OCH3 is 2. The molecule has 0 amide bonds. The molecule has 2 nitrogen and oxygen atoms in total. The van der Waals surface area contributed by atoms with E-state index in [1.807, 2.05) is 0 Å². The van der Waals surface area contributed by atoms with Crippen LogP contribution < -0.4 is 9.47 Å². The fourth-order valence-corrected chi connectivity index (χ4v) is 1.06. The van der Waals surface area contributed by atoms with Crippen molar-refractivity contribution in [3.63, 3.8) is 0 Å². The van der Waals surface area contributed by atoms with Crippen LogP contribution in [0.3, 0.4) is 0 Å². The molecule has 0 saturated carbocycles. The van der Waals surface area contributed by atoms with Crippen molar-refractivity contribution in [1.29, 1.82) is 0 Å². The maximum absolute atomic E-state index is 13.1. The summed E-state index contributed by atoms with van der Waals surface area (Å²) in [6.07, 6.45) is 0. The lowest BCUT2D eigenvalue weighted by Crippen LogP contribution is -1.91. The first kappa shape index (κ1) is 9.13. The summed E-state index contributed by atoms with van der Waals surface area (Å²) < 4.78 is 22.6. The Morgan fingerprint density at radius 1 is 1.17 bits per heavy atom. The van der Waals surface area contributed by atoms with Gasteiger partial charge in [0.15, 0.2) is 11.6 Å². The van der Waals surface area contributed by atoms with Gasteiger partial charge in [-0.15, -0.1) is 0 Å². The van der Waals surface area contributed by atoms with Crippen molar-refractivity contribution in [2.75, 3.05) is 14.2 Å². The van der Waals surface area contributed by atoms with Crippen LogP contribution in [0.4, 0.5) is 4.39 Å². The quantitative estimate of drug-likeness (QED) is 0.714. The zero-order valence-corrected chi connectivity index (χ0v) is 7.48. The molecular weight excluding hydrogens is 183 g/mol. The van der Waals surface area contributed by atoms with Crippen molar-refractivity contribution in [3.8, 4) is 11.5 Å². The number of hydrogen-bond donors (Lipinski definition) is 0. The largest absolute Gasteiger partial charge is 0.495 e. The molecule has 12 heavy (non-hydrogen) atoms. The number of rotatable bonds is 2. The van der Waals surface area contributed by atoms with Gasteiger partial charge in [0, 0.05) is 0 Å². The number of benzene rings is 1. The van der Waals surface area contributed by atoms with Gasteiger partial charge in [0.2, 0.25) is 0 Å². The van der Waals surface area contributed by atoms with E-state index in [0.717, 1.165) is 0 Å². The average Bonchev–Trinajstić information content (AvgIpc) is 2.10. The zero-order valence-electron chi connectivity index (χ0n) is 6.73. The van der Waals surface area contributed by atoms with Crippen LogP contribution in [0.5, 0.6) is 11.5 Å². The summed E-state index contributed by atoms with van der Waals surface area (Å²) in [4.78, 5) is 0. The lowest BCUT2D eigenvalue weighted by atomic mass is 10.3. The molecule has 0 spiro atoms. The molecule has 66 valence electrons. The third kappa shape index (κ3) is 1.46. The predicted molar refractivity (Wildman–Crippen MR) is 44.5 cm³/mol. The van der Waals surface area contributed by atoms with Gasteiger partial charge in [-0.2, -0.15) is 0 Å². The molecule has 1 aromatic carbocycles. The van der Waals surface area contributed by atoms with Crippen molar-refractivity contribution < 1.29 is 13.9 Å². The highest BCUT2D eigenvalue weighted by Gasteiger charge is 2.11. The van der Waals surface area contributed by atoms with E-state index in [-0.39, 0.29) is 10.8 Å². The standard InChI is InChI=1S/C8H8ClFO2/c1-11-5-3-4-6(12-2)8(10)7(5)9/h3-4H,1-2H3. The molecule has 0 aromatic heterocycles. The summed E-state index contributed by atoms with van der Waals surface area (Å²) >= 11 is 5.60. The fraction of sp³-hybridized carbons (Fsp3) is 0.250. The van der Waals surface area contributed by atoms with E-state index in [0.29, 0.717) is 5.75 Å². The third-order valence-electron chi connectivity index (χ3n) is 1.45. The Bertz CT molecular complexity index is 260. The van der Waals surface area contributed by atoms with Crippen LogP contribution in [-0.2, 0) is 0 Å². The molecule has 0 radical (unpaired) electrons. The van der Waals surface area contributed by atoms with Crippen LogP contribution in [0.15, 0.2) is 12.1 Å². The first-order chi connectivity index (χ1) is 5.70. The zero-order chi connectivity index (χ0) is 9.14. The second-order valence-corrected chi connectivity index (χ2v) is 2.48. The maximum atomic E-state index is 13.1. The van der Waals surface area contributed by atoms with Gasteiger partial charge in [0.25, 0.3) is 0 Å². The number of hydrogen-bond acceptors (Lipinski definition) is 2. The Morgan fingerprint density at radius 3 is 2.17 bits per heavy atom. The molecule has 0 aliphatic heterocycles. The van der Waals surface area contributed by atoms with Gasteiger partial charge in [0.1, 0.15) is 10.8 Å². The van der Waals surface area contributed by atoms with Gasteiger partial charge < -0.3 is 9.47 Å². The second kappa shape index (κ2) is 3.63. The molecule has 0 heterocycles. The molecule has 1 rings (SSSR count). The second-order valence-electron chi connectivity index (χ2n) is 2.10. The van der Waals surface area contributed by atoms with Crippen LogP contribution in [0.2, 0.25) is 5.02 Å².